The normalized spacial score (nSPS) is 12.2. The van der Waals surface area contributed by atoms with Crippen LogP contribution in [0.1, 0.15) is 26.2 Å². The number of esters is 1. The Balaban J connectivity index is 3.49. The number of carbonyl (C=O) groups is 1. The van der Waals surface area contributed by atoms with Crippen LogP contribution in [0.4, 0.5) is 0 Å². The fourth-order valence-corrected chi connectivity index (χ4v) is 0.812. The molecular weight excluding hydrogens is 156 g/mol. The summed E-state index contributed by atoms with van der Waals surface area (Å²) in [7, 11) is 0. The summed E-state index contributed by atoms with van der Waals surface area (Å²) in [5, 5.41) is 9.17. The predicted molar refractivity (Wildman–Crippen MR) is 46.7 cm³/mol. The minimum Gasteiger partial charge on any atom is -0.464 e. The highest BCUT2D eigenvalue weighted by Gasteiger charge is 2.14. The van der Waals surface area contributed by atoms with Crippen LogP contribution in [0.3, 0.4) is 0 Å². The standard InChI is InChI=1S/C9H16O3/c1-3-5-6-7-8(10)9(11)12-4-2/h3,8,10H,1,4-7H2,2H3. The van der Waals surface area contributed by atoms with Gasteiger partial charge in [0.1, 0.15) is 0 Å². The number of rotatable bonds is 6. The van der Waals surface area contributed by atoms with Crippen molar-refractivity contribution in [2.24, 2.45) is 0 Å². The van der Waals surface area contributed by atoms with E-state index in [-0.39, 0.29) is 0 Å². The van der Waals surface area contributed by atoms with Crippen LogP contribution in [0.15, 0.2) is 12.7 Å². The molecule has 0 saturated carbocycles. The number of allylic oxidation sites excluding steroid dienone is 1. The molecule has 3 heteroatoms. The number of hydrogen-bond donors (Lipinski definition) is 1. The number of aliphatic hydroxyl groups excluding tert-OH is 1. The van der Waals surface area contributed by atoms with Gasteiger partial charge in [0.2, 0.25) is 0 Å². The third-order valence-corrected chi connectivity index (χ3v) is 1.44. The fraction of sp³-hybridized carbons (Fsp3) is 0.667. The number of hydrogen-bond acceptors (Lipinski definition) is 3. The van der Waals surface area contributed by atoms with Crippen molar-refractivity contribution in [2.45, 2.75) is 32.3 Å². The number of carbonyl (C=O) groups excluding carboxylic acids is 1. The van der Waals surface area contributed by atoms with Crippen LogP contribution >= 0.6 is 0 Å². The lowest BCUT2D eigenvalue weighted by molar-refractivity contribution is -0.153. The SMILES string of the molecule is C=CCCCC(O)C(=O)OCC. The van der Waals surface area contributed by atoms with E-state index in [1.54, 1.807) is 13.0 Å². The van der Waals surface area contributed by atoms with Gasteiger partial charge in [0, 0.05) is 0 Å². The van der Waals surface area contributed by atoms with Gasteiger partial charge in [-0.05, 0) is 26.2 Å². The average Bonchev–Trinajstić information content (AvgIpc) is 2.05. The van der Waals surface area contributed by atoms with Crippen molar-refractivity contribution in [3.05, 3.63) is 12.7 Å². The summed E-state index contributed by atoms with van der Waals surface area (Å²) in [6.45, 7) is 5.57. The van der Waals surface area contributed by atoms with Gasteiger partial charge in [-0.3, -0.25) is 0 Å². The van der Waals surface area contributed by atoms with Gasteiger partial charge < -0.3 is 9.84 Å². The first kappa shape index (κ1) is 11.2. The van der Waals surface area contributed by atoms with Crippen molar-refractivity contribution in [3.63, 3.8) is 0 Å². The summed E-state index contributed by atoms with van der Waals surface area (Å²) in [4.78, 5) is 10.8. The van der Waals surface area contributed by atoms with Crippen molar-refractivity contribution in [1.82, 2.24) is 0 Å². The maximum absolute atomic E-state index is 10.8. The highest BCUT2D eigenvalue weighted by molar-refractivity contribution is 5.74. The van der Waals surface area contributed by atoms with Crippen LogP contribution in [-0.4, -0.2) is 23.8 Å². The van der Waals surface area contributed by atoms with E-state index in [2.05, 4.69) is 11.3 Å². The van der Waals surface area contributed by atoms with E-state index in [0.717, 1.165) is 12.8 Å². The van der Waals surface area contributed by atoms with Crippen LogP contribution in [0.2, 0.25) is 0 Å². The Kier molecular flexibility index (Phi) is 6.38. The molecule has 0 aromatic rings. The van der Waals surface area contributed by atoms with E-state index in [1.165, 1.54) is 0 Å². The van der Waals surface area contributed by atoms with E-state index in [9.17, 15) is 4.79 Å². The highest BCUT2D eigenvalue weighted by Crippen LogP contribution is 2.02. The molecule has 1 N–H and O–H groups in total. The summed E-state index contributed by atoms with van der Waals surface area (Å²) in [5.74, 6) is -0.526. The second kappa shape index (κ2) is 6.85. The van der Waals surface area contributed by atoms with Gasteiger partial charge in [-0.2, -0.15) is 0 Å². The Bertz CT molecular complexity index is 143. The van der Waals surface area contributed by atoms with Crippen molar-refractivity contribution in [2.75, 3.05) is 6.61 Å². The zero-order valence-electron chi connectivity index (χ0n) is 7.45. The molecule has 0 spiro atoms. The molecule has 0 aromatic carbocycles. The van der Waals surface area contributed by atoms with Crippen LogP contribution in [0.25, 0.3) is 0 Å². The van der Waals surface area contributed by atoms with Crippen molar-refractivity contribution in [3.8, 4) is 0 Å². The second-order valence-corrected chi connectivity index (χ2v) is 2.49. The summed E-state index contributed by atoms with van der Waals surface area (Å²) in [6.07, 6.45) is 2.83. The Hall–Kier alpha value is -0.830. The molecule has 0 aliphatic carbocycles. The minimum atomic E-state index is -0.968. The average molecular weight is 172 g/mol. The van der Waals surface area contributed by atoms with Crippen molar-refractivity contribution < 1.29 is 14.6 Å². The Morgan fingerprint density at radius 3 is 2.92 bits per heavy atom. The maximum Gasteiger partial charge on any atom is 0.334 e. The largest absolute Gasteiger partial charge is 0.464 e. The number of ether oxygens (including phenoxy) is 1. The van der Waals surface area contributed by atoms with Gasteiger partial charge in [0.15, 0.2) is 6.10 Å². The molecule has 1 unspecified atom stereocenters. The molecule has 0 aromatic heterocycles. The topological polar surface area (TPSA) is 46.5 Å². The first-order valence-electron chi connectivity index (χ1n) is 4.18. The fourth-order valence-electron chi connectivity index (χ4n) is 0.812. The van der Waals surface area contributed by atoms with Crippen LogP contribution in [-0.2, 0) is 9.53 Å². The van der Waals surface area contributed by atoms with E-state index in [0.29, 0.717) is 13.0 Å². The van der Waals surface area contributed by atoms with E-state index < -0.39 is 12.1 Å². The Labute approximate surface area is 73.0 Å². The van der Waals surface area contributed by atoms with Crippen LogP contribution in [0.5, 0.6) is 0 Å². The monoisotopic (exact) mass is 172 g/mol. The quantitative estimate of drug-likeness (QED) is 0.373. The predicted octanol–water partition coefficient (Wildman–Crippen LogP) is 1.27. The zero-order chi connectivity index (χ0) is 9.40. The molecule has 0 fully saturated rings. The minimum absolute atomic E-state index is 0.317. The van der Waals surface area contributed by atoms with Gasteiger partial charge in [-0.25, -0.2) is 4.79 Å². The lowest BCUT2D eigenvalue weighted by atomic mass is 10.1. The van der Waals surface area contributed by atoms with E-state index >= 15 is 0 Å². The van der Waals surface area contributed by atoms with Gasteiger partial charge >= 0.3 is 5.97 Å². The van der Waals surface area contributed by atoms with Gasteiger partial charge in [0.05, 0.1) is 6.61 Å². The van der Waals surface area contributed by atoms with Crippen molar-refractivity contribution >= 4 is 5.97 Å². The number of unbranched alkanes of at least 4 members (excludes halogenated alkanes) is 1. The van der Waals surface area contributed by atoms with E-state index in [4.69, 9.17) is 5.11 Å². The molecule has 0 radical (unpaired) electrons. The van der Waals surface area contributed by atoms with Crippen LogP contribution in [0, 0.1) is 0 Å². The summed E-state index contributed by atoms with van der Waals surface area (Å²) in [6, 6.07) is 0. The Morgan fingerprint density at radius 1 is 1.75 bits per heavy atom. The molecule has 0 amide bonds. The maximum atomic E-state index is 10.8. The zero-order valence-corrected chi connectivity index (χ0v) is 7.45. The first-order valence-corrected chi connectivity index (χ1v) is 4.18. The number of aliphatic hydroxyl groups is 1. The molecule has 0 aliphatic rings. The molecule has 12 heavy (non-hydrogen) atoms. The second-order valence-electron chi connectivity index (χ2n) is 2.49. The molecular formula is C9H16O3. The lowest BCUT2D eigenvalue weighted by Crippen LogP contribution is -2.22. The molecule has 3 nitrogen and oxygen atoms in total. The molecule has 0 heterocycles. The lowest BCUT2D eigenvalue weighted by Gasteiger charge is -2.07. The first-order chi connectivity index (χ1) is 5.72. The van der Waals surface area contributed by atoms with Crippen LogP contribution < -0.4 is 0 Å². The molecule has 70 valence electrons. The molecule has 0 aliphatic heterocycles. The smallest absolute Gasteiger partial charge is 0.334 e. The van der Waals surface area contributed by atoms with Gasteiger partial charge in [-0.1, -0.05) is 6.08 Å². The van der Waals surface area contributed by atoms with Gasteiger partial charge in [0.25, 0.3) is 0 Å². The van der Waals surface area contributed by atoms with Crippen molar-refractivity contribution in [1.29, 1.82) is 0 Å². The highest BCUT2D eigenvalue weighted by atomic mass is 16.5. The summed E-state index contributed by atoms with van der Waals surface area (Å²) >= 11 is 0. The summed E-state index contributed by atoms with van der Waals surface area (Å²) in [5.41, 5.74) is 0. The Morgan fingerprint density at radius 2 is 2.42 bits per heavy atom. The molecule has 0 rings (SSSR count). The van der Waals surface area contributed by atoms with E-state index in [1.807, 2.05) is 0 Å². The molecule has 1 atom stereocenters. The summed E-state index contributed by atoms with van der Waals surface area (Å²) < 4.78 is 4.62. The molecule has 0 bridgehead atoms. The third-order valence-electron chi connectivity index (χ3n) is 1.44. The van der Waals surface area contributed by atoms with Gasteiger partial charge in [-0.15, -0.1) is 6.58 Å². The molecule has 0 saturated heterocycles. The third kappa shape index (κ3) is 4.91.